The first-order valence-electron chi connectivity index (χ1n) is 13.3. The highest BCUT2D eigenvalue weighted by atomic mass is 19.4. The van der Waals surface area contributed by atoms with Crippen LogP contribution in [0.25, 0.3) is 0 Å². The SMILES string of the molecule is CCC12C(C(=O)OC3C4CC5C3OC(=O)C5(C(=O)OC(C)C(F)(F)F)C4)CC3C(C1C2(C)C)C3(C)C. The predicted molar refractivity (Wildman–Crippen MR) is 119 cm³/mol. The number of fused-ring (bicyclic) bond motifs is 4. The molecule has 1 saturated heterocycles. The van der Waals surface area contributed by atoms with Crippen molar-refractivity contribution in [3.63, 3.8) is 0 Å². The van der Waals surface area contributed by atoms with Crippen LogP contribution >= 0.6 is 0 Å². The standard InChI is InChI=1S/C27H35F3O6/c1-7-26-15(9-13-16(23(13,3)4)19(26)24(26,5)6)20(31)35-17-12-8-14-18(17)36-22(33)25(14,10-12)21(32)34-11(2)27(28,29)30/h11-19H,7-10H2,1-6H3. The van der Waals surface area contributed by atoms with Gasteiger partial charge in [-0.15, -0.1) is 0 Å². The normalized spacial score (nSPS) is 49.0. The molecular formula is C27H35F3O6. The summed E-state index contributed by atoms with van der Waals surface area (Å²) in [5, 5.41) is 0. The molecule has 36 heavy (non-hydrogen) atoms. The van der Waals surface area contributed by atoms with Gasteiger partial charge >= 0.3 is 24.1 Å². The van der Waals surface area contributed by atoms with Crippen molar-refractivity contribution in [3.8, 4) is 0 Å². The van der Waals surface area contributed by atoms with E-state index >= 15 is 0 Å². The molecule has 0 amide bonds. The van der Waals surface area contributed by atoms with Gasteiger partial charge in [0.2, 0.25) is 0 Å². The van der Waals surface area contributed by atoms with Gasteiger partial charge in [-0.25, -0.2) is 0 Å². The van der Waals surface area contributed by atoms with Gasteiger partial charge in [0.15, 0.2) is 11.5 Å². The number of halogens is 3. The molecule has 6 aliphatic rings. The molecule has 0 aromatic heterocycles. The molecule has 11 unspecified atom stereocenters. The largest absolute Gasteiger partial charge is 0.458 e. The Morgan fingerprint density at radius 2 is 1.81 bits per heavy atom. The summed E-state index contributed by atoms with van der Waals surface area (Å²) >= 11 is 0. The zero-order valence-electron chi connectivity index (χ0n) is 21.6. The molecule has 0 N–H and O–H groups in total. The summed E-state index contributed by atoms with van der Waals surface area (Å²) in [7, 11) is 0. The van der Waals surface area contributed by atoms with Crippen molar-refractivity contribution >= 4 is 17.9 Å². The van der Waals surface area contributed by atoms with Gasteiger partial charge in [0.1, 0.15) is 12.2 Å². The lowest BCUT2D eigenvalue weighted by Crippen LogP contribution is -2.48. The zero-order chi connectivity index (χ0) is 26.4. The first-order valence-corrected chi connectivity index (χ1v) is 13.3. The average Bonchev–Trinajstić information content (AvgIpc) is 3.23. The second-order valence-electron chi connectivity index (χ2n) is 13.5. The molecule has 200 valence electrons. The van der Waals surface area contributed by atoms with Crippen LogP contribution in [-0.2, 0) is 28.6 Å². The summed E-state index contributed by atoms with van der Waals surface area (Å²) in [4.78, 5) is 39.4. The second-order valence-corrected chi connectivity index (χ2v) is 13.5. The van der Waals surface area contributed by atoms with E-state index < -0.39 is 47.8 Å². The van der Waals surface area contributed by atoms with Crippen LogP contribution in [0.4, 0.5) is 13.2 Å². The van der Waals surface area contributed by atoms with Gasteiger partial charge in [0.25, 0.3) is 0 Å². The van der Waals surface area contributed by atoms with Gasteiger partial charge in [0.05, 0.1) is 5.92 Å². The van der Waals surface area contributed by atoms with Crippen molar-refractivity contribution in [2.75, 3.05) is 0 Å². The molecule has 0 aromatic rings. The van der Waals surface area contributed by atoms with Gasteiger partial charge in [-0.1, -0.05) is 34.6 Å². The third kappa shape index (κ3) is 2.63. The molecule has 0 radical (unpaired) electrons. The summed E-state index contributed by atoms with van der Waals surface area (Å²) in [6.07, 6.45) is -6.46. The highest BCUT2D eigenvalue weighted by Crippen LogP contribution is 2.88. The summed E-state index contributed by atoms with van der Waals surface area (Å²) in [5.41, 5.74) is -1.58. The fourth-order valence-electron chi connectivity index (χ4n) is 9.94. The van der Waals surface area contributed by atoms with Crippen molar-refractivity contribution in [1.29, 1.82) is 0 Å². The Balaban J connectivity index is 1.20. The van der Waals surface area contributed by atoms with Crippen LogP contribution in [0, 0.1) is 57.2 Å². The molecular weight excluding hydrogens is 477 g/mol. The van der Waals surface area contributed by atoms with Gasteiger partial charge in [0, 0.05) is 11.8 Å². The Hall–Kier alpha value is -1.80. The topological polar surface area (TPSA) is 78.9 Å². The van der Waals surface area contributed by atoms with Crippen LogP contribution in [0.15, 0.2) is 0 Å². The van der Waals surface area contributed by atoms with E-state index in [1.54, 1.807) is 0 Å². The zero-order valence-corrected chi connectivity index (χ0v) is 21.6. The molecule has 5 saturated carbocycles. The van der Waals surface area contributed by atoms with E-state index in [1.165, 1.54) is 0 Å². The van der Waals surface area contributed by atoms with Crippen LogP contribution in [0.2, 0.25) is 0 Å². The lowest BCUT2D eigenvalue weighted by atomic mass is 9.73. The Kier molecular flexibility index (Phi) is 4.63. The van der Waals surface area contributed by atoms with E-state index in [0.29, 0.717) is 24.2 Å². The lowest BCUT2D eigenvalue weighted by molar-refractivity contribution is -0.222. The number of esters is 3. The van der Waals surface area contributed by atoms with Crippen molar-refractivity contribution in [2.45, 2.75) is 91.7 Å². The molecule has 0 spiro atoms. The van der Waals surface area contributed by atoms with Gasteiger partial charge in [-0.05, 0) is 66.6 Å². The van der Waals surface area contributed by atoms with E-state index in [2.05, 4.69) is 39.4 Å². The number of rotatable bonds is 5. The number of ether oxygens (including phenoxy) is 3. The van der Waals surface area contributed by atoms with Crippen LogP contribution in [-0.4, -0.2) is 42.4 Å². The number of carbonyl (C=O) groups excluding carboxylic acids is 3. The lowest BCUT2D eigenvalue weighted by Gasteiger charge is -2.35. The molecule has 5 aliphatic carbocycles. The van der Waals surface area contributed by atoms with Gasteiger partial charge in [-0.3, -0.25) is 14.4 Å². The van der Waals surface area contributed by atoms with E-state index in [4.69, 9.17) is 9.47 Å². The maximum atomic E-state index is 13.7. The third-order valence-corrected chi connectivity index (χ3v) is 11.9. The molecule has 0 aromatic carbocycles. The molecule has 6 nitrogen and oxygen atoms in total. The first kappa shape index (κ1) is 24.5. The van der Waals surface area contributed by atoms with Crippen LogP contribution in [0.3, 0.4) is 0 Å². The molecule has 6 fully saturated rings. The second kappa shape index (κ2) is 6.79. The minimum Gasteiger partial charge on any atom is -0.458 e. The van der Waals surface area contributed by atoms with Crippen molar-refractivity contribution in [1.82, 2.24) is 0 Å². The molecule has 1 aliphatic heterocycles. The minimum atomic E-state index is -4.72. The smallest absolute Gasteiger partial charge is 0.425 e. The summed E-state index contributed by atoms with van der Waals surface area (Å²) in [5.74, 6) is -1.89. The van der Waals surface area contributed by atoms with E-state index in [1.807, 2.05) is 0 Å². The van der Waals surface area contributed by atoms with Crippen molar-refractivity contribution < 1.29 is 41.8 Å². The van der Waals surface area contributed by atoms with Crippen LogP contribution in [0.1, 0.15) is 67.2 Å². The molecule has 1 heterocycles. The molecule has 9 heteroatoms. The predicted octanol–water partition coefficient (Wildman–Crippen LogP) is 4.69. The summed E-state index contributed by atoms with van der Waals surface area (Å²) in [6, 6.07) is 0. The van der Waals surface area contributed by atoms with Crippen molar-refractivity contribution in [3.05, 3.63) is 0 Å². The van der Waals surface area contributed by atoms with Gasteiger partial charge < -0.3 is 14.2 Å². The maximum absolute atomic E-state index is 13.7. The Labute approximate surface area is 209 Å². The third-order valence-electron chi connectivity index (χ3n) is 11.9. The number of alkyl halides is 3. The molecule has 11 atom stereocenters. The van der Waals surface area contributed by atoms with E-state index in [0.717, 1.165) is 19.8 Å². The Morgan fingerprint density at radius 1 is 1.14 bits per heavy atom. The molecule has 6 rings (SSSR count). The summed E-state index contributed by atoms with van der Waals surface area (Å²) in [6.45, 7) is 12.0. The van der Waals surface area contributed by atoms with Crippen LogP contribution < -0.4 is 0 Å². The van der Waals surface area contributed by atoms with Crippen LogP contribution in [0.5, 0.6) is 0 Å². The highest BCUT2D eigenvalue weighted by molar-refractivity contribution is 6.03. The first-order chi connectivity index (χ1) is 16.6. The van der Waals surface area contributed by atoms with E-state index in [-0.39, 0.29) is 40.5 Å². The monoisotopic (exact) mass is 512 g/mol. The fraction of sp³-hybridized carbons (Fsp3) is 0.889. The number of carbonyl (C=O) groups is 3. The summed E-state index contributed by atoms with van der Waals surface area (Å²) < 4.78 is 55.3. The highest BCUT2D eigenvalue weighted by Gasteiger charge is 2.86. The average molecular weight is 513 g/mol. The van der Waals surface area contributed by atoms with Gasteiger partial charge in [-0.2, -0.15) is 13.2 Å². The van der Waals surface area contributed by atoms with Crippen molar-refractivity contribution in [2.24, 2.45) is 57.2 Å². The minimum absolute atomic E-state index is 0.0101. The Bertz CT molecular complexity index is 1050. The quantitative estimate of drug-likeness (QED) is 0.302. The number of hydrogen-bond acceptors (Lipinski definition) is 6. The van der Waals surface area contributed by atoms with E-state index in [9.17, 15) is 27.6 Å². The Morgan fingerprint density at radius 3 is 2.42 bits per heavy atom. The fourth-order valence-corrected chi connectivity index (χ4v) is 9.94. The number of hydrogen-bond donors (Lipinski definition) is 0. The molecule has 2 bridgehead atoms. The maximum Gasteiger partial charge on any atom is 0.425 e.